The van der Waals surface area contributed by atoms with Crippen molar-refractivity contribution in [2.45, 2.75) is 4.90 Å². The lowest BCUT2D eigenvalue weighted by Crippen LogP contribution is -2.30. The summed E-state index contributed by atoms with van der Waals surface area (Å²) in [5.41, 5.74) is 0.633. The highest BCUT2D eigenvalue weighted by Gasteiger charge is 2.28. The summed E-state index contributed by atoms with van der Waals surface area (Å²) < 4.78 is 42.1. The molecule has 0 amide bonds. The molecule has 8 nitrogen and oxygen atoms in total. The largest absolute Gasteiger partial charge is 0.468 e. The van der Waals surface area contributed by atoms with E-state index >= 15 is 0 Å². The van der Waals surface area contributed by atoms with E-state index in [0.29, 0.717) is 16.2 Å². The van der Waals surface area contributed by atoms with Gasteiger partial charge in [0.25, 0.3) is 0 Å². The van der Waals surface area contributed by atoms with E-state index in [1.54, 1.807) is 12.1 Å². The first-order valence-corrected chi connectivity index (χ1v) is 9.93. The Morgan fingerprint density at radius 3 is 2.56 bits per heavy atom. The third-order valence-electron chi connectivity index (χ3n) is 3.66. The zero-order valence-electron chi connectivity index (χ0n) is 14.3. The van der Waals surface area contributed by atoms with Crippen molar-refractivity contribution in [1.29, 1.82) is 0 Å². The van der Waals surface area contributed by atoms with Gasteiger partial charge in [0.05, 0.1) is 19.1 Å². The van der Waals surface area contributed by atoms with Gasteiger partial charge >= 0.3 is 11.9 Å². The van der Waals surface area contributed by atoms with Crippen molar-refractivity contribution in [3.05, 3.63) is 41.3 Å². The van der Waals surface area contributed by atoms with Crippen LogP contribution in [-0.4, -0.2) is 41.1 Å². The maximum Gasteiger partial charge on any atom is 0.349 e. The number of rotatable bonds is 6. The monoisotopic (exact) mass is 409 g/mol. The Bertz CT molecular complexity index is 1080. The van der Waals surface area contributed by atoms with E-state index in [0.717, 1.165) is 30.9 Å². The number of sulfonamides is 1. The average Bonchev–Trinajstić information content (AvgIpc) is 3.29. The van der Waals surface area contributed by atoms with Gasteiger partial charge in [0.2, 0.25) is 10.0 Å². The minimum absolute atomic E-state index is 0.120. The van der Waals surface area contributed by atoms with Gasteiger partial charge in [-0.1, -0.05) is 18.2 Å². The van der Waals surface area contributed by atoms with Crippen LogP contribution in [0.3, 0.4) is 0 Å². The summed E-state index contributed by atoms with van der Waals surface area (Å²) in [7, 11) is -1.86. The predicted molar refractivity (Wildman–Crippen MR) is 98.1 cm³/mol. The highest BCUT2D eigenvalue weighted by molar-refractivity contribution is 7.89. The molecule has 3 aromatic rings. The van der Waals surface area contributed by atoms with Crippen LogP contribution in [0.15, 0.2) is 45.7 Å². The van der Waals surface area contributed by atoms with Gasteiger partial charge in [0.1, 0.15) is 27.7 Å². The molecule has 27 heavy (non-hydrogen) atoms. The van der Waals surface area contributed by atoms with Crippen molar-refractivity contribution in [1.82, 2.24) is 4.72 Å². The van der Waals surface area contributed by atoms with Crippen molar-refractivity contribution >= 4 is 44.3 Å². The average molecular weight is 409 g/mol. The fourth-order valence-corrected chi connectivity index (χ4v) is 4.85. The molecule has 3 rings (SSSR count). The molecule has 0 saturated heterocycles. The Hall–Kier alpha value is -2.69. The van der Waals surface area contributed by atoms with Gasteiger partial charge in [0.15, 0.2) is 0 Å². The number of carbonyl (C=O) groups excluding carboxylic acids is 2. The maximum atomic E-state index is 12.6. The highest BCUT2D eigenvalue weighted by atomic mass is 32.2. The standard InChI is InChI=1S/C17H15NO7S2/c1-23-15(19)9-18-27(21,22)14-8-13(26-16(14)17(20)24-2)12-7-10-5-3-4-6-11(10)25-12/h3-8,18H,9H2,1-2H3. The fourth-order valence-electron chi connectivity index (χ4n) is 2.34. The molecule has 0 aliphatic rings. The van der Waals surface area contributed by atoms with Crippen LogP contribution in [0.5, 0.6) is 0 Å². The van der Waals surface area contributed by atoms with E-state index < -0.39 is 28.5 Å². The minimum Gasteiger partial charge on any atom is -0.468 e. The smallest absolute Gasteiger partial charge is 0.349 e. The van der Waals surface area contributed by atoms with Crippen LogP contribution >= 0.6 is 11.3 Å². The van der Waals surface area contributed by atoms with Gasteiger partial charge in [-0.15, -0.1) is 11.3 Å². The molecule has 2 aromatic heterocycles. The number of carbonyl (C=O) groups is 2. The normalized spacial score (nSPS) is 11.5. The van der Waals surface area contributed by atoms with Crippen molar-refractivity contribution < 1.29 is 31.9 Å². The molecule has 0 aliphatic heterocycles. The Kier molecular flexibility index (Phi) is 5.31. The topological polar surface area (TPSA) is 112 Å². The Labute approximate surface area is 158 Å². The molecule has 1 N–H and O–H groups in total. The molecule has 0 bridgehead atoms. The first kappa shape index (κ1) is 19.1. The zero-order chi connectivity index (χ0) is 19.6. The van der Waals surface area contributed by atoms with Crippen LogP contribution in [0.2, 0.25) is 0 Å². The summed E-state index contributed by atoms with van der Waals surface area (Å²) in [6, 6.07) is 10.4. The van der Waals surface area contributed by atoms with Gasteiger partial charge in [-0.2, -0.15) is 4.72 Å². The highest BCUT2D eigenvalue weighted by Crippen LogP contribution is 2.37. The lowest BCUT2D eigenvalue weighted by Gasteiger charge is -2.05. The summed E-state index contributed by atoms with van der Waals surface area (Å²) in [6.45, 7) is -0.560. The maximum absolute atomic E-state index is 12.6. The van der Waals surface area contributed by atoms with E-state index in [1.807, 2.05) is 18.2 Å². The van der Waals surface area contributed by atoms with Crippen LogP contribution in [0.4, 0.5) is 0 Å². The van der Waals surface area contributed by atoms with Gasteiger partial charge < -0.3 is 13.9 Å². The molecule has 0 radical (unpaired) electrons. The molecule has 0 atom stereocenters. The second kappa shape index (κ2) is 7.51. The van der Waals surface area contributed by atoms with Gasteiger partial charge in [0, 0.05) is 5.39 Å². The Morgan fingerprint density at radius 1 is 1.15 bits per heavy atom. The number of hydrogen-bond acceptors (Lipinski definition) is 8. The molecule has 0 aliphatic carbocycles. The van der Waals surface area contributed by atoms with Crippen LogP contribution in [0.1, 0.15) is 9.67 Å². The number of methoxy groups -OCH3 is 2. The summed E-state index contributed by atoms with van der Waals surface area (Å²) in [6.07, 6.45) is 0. The number of benzene rings is 1. The van der Waals surface area contributed by atoms with Crippen molar-refractivity contribution in [2.24, 2.45) is 0 Å². The summed E-state index contributed by atoms with van der Waals surface area (Å²) in [4.78, 5) is 23.3. The van der Waals surface area contributed by atoms with Gasteiger partial charge in [-0.05, 0) is 18.2 Å². The summed E-state index contributed by atoms with van der Waals surface area (Å²) >= 11 is 0.924. The van der Waals surface area contributed by atoms with Crippen LogP contribution in [0, 0.1) is 0 Å². The van der Waals surface area contributed by atoms with Crippen LogP contribution < -0.4 is 4.72 Å². The number of ether oxygens (including phenoxy) is 2. The first-order valence-electron chi connectivity index (χ1n) is 7.63. The molecule has 2 heterocycles. The fraction of sp³-hybridized carbons (Fsp3) is 0.176. The molecule has 1 aromatic carbocycles. The van der Waals surface area contributed by atoms with Crippen molar-refractivity contribution in [3.63, 3.8) is 0 Å². The SMILES string of the molecule is COC(=O)CNS(=O)(=O)c1cc(-c2cc3ccccc3o2)sc1C(=O)OC. The van der Waals surface area contributed by atoms with E-state index in [4.69, 9.17) is 4.42 Å². The second-order valence-electron chi connectivity index (χ2n) is 5.34. The molecule has 10 heteroatoms. The van der Waals surface area contributed by atoms with Gasteiger partial charge in [-0.25, -0.2) is 13.2 Å². The molecule has 142 valence electrons. The lowest BCUT2D eigenvalue weighted by atomic mass is 10.2. The van der Waals surface area contributed by atoms with E-state index in [1.165, 1.54) is 6.07 Å². The molecule has 0 saturated carbocycles. The number of esters is 2. The molecular weight excluding hydrogens is 394 g/mol. The quantitative estimate of drug-likeness (QED) is 0.622. The van der Waals surface area contributed by atoms with Gasteiger partial charge in [-0.3, -0.25) is 4.79 Å². The van der Waals surface area contributed by atoms with Crippen LogP contribution in [0.25, 0.3) is 21.6 Å². The van der Waals surface area contributed by atoms with Crippen molar-refractivity contribution in [2.75, 3.05) is 20.8 Å². The second-order valence-corrected chi connectivity index (χ2v) is 8.13. The minimum atomic E-state index is -4.15. The van der Waals surface area contributed by atoms with Crippen LogP contribution in [-0.2, 0) is 24.3 Å². The Morgan fingerprint density at radius 2 is 1.89 bits per heavy atom. The molecular formula is C17H15NO7S2. The van der Waals surface area contributed by atoms with E-state index in [9.17, 15) is 18.0 Å². The predicted octanol–water partition coefficient (Wildman–Crippen LogP) is 2.40. The number of para-hydroxylation sites is 1. The zero-order valence-corrected chi connectivity index (χ0v) is 16.0. The first-order chi connectivity index (χ1) is 12.9. The third-order valence-corrected chi connectivity index (χ3v) is 6.35. The Balaban J connectivity index is 2.05. The third kappa shape index (κ3) is 3.87. The van der Waals surface area contributed by atoms with E-state index in [2.05, 4.69) is 14.2 Å². The number of nitrogens with one attached hydrogen (secondary N) is 1. The number of fused-ring (bicyclic) bond motifs is 1. The molecule has 0 spiro atoms. The van der Waals surface area contributed by atoms with Crippen molar-refractivity contribution in [3.8, 4) is 10.6 Å². The number of furan rings is 1. The molecule has 0 fully saturated rings. The number of hydrogen-bond donors (Lipinski definition) is 1. The lowest BCUT2D eigenvalue weighted by molar-refractivity contribution is -0.139. The molecule has 0 unspecified atom stereocenters. The van der Waals surface area contributed by atoms with E-state index in [-0.39, 0.29) is 9.77 Å². The number of thiophene rings is 1. The summed E-state index contributed by atoms with van der Waals surface area (Å²) in [5, 5.41) is 0.841. The summed E-state index contributed by atoms with van der Waals surface area (Å²) in [5.74, 6) is -1.15.